The van der Waals surface area contributed by atoms with Crippen molar-refractivity contribution in [3.8, 4) is 11.8 Å². The fraction of sp³-hybridized carbons (Fsp3) is 0.280. The number of nitrogens with zero attached hydrogens (tertiary/aromatic N) is 5. The first kappa shape index (κ1) is 21.3. The third-order valence-corrected chi connectivity index (χ3v) is 5.53. The maximum atomic E-state index is 13.4. The van der Waals surface area contributed by atoms with E-state index in [9.17, 15) is 14.9 Å². The highest BCUT2D eigenvalue weighted by Crippen LogP contribution is 2.16. The van der Waals surface area contributed by atoms with E-state index in [-0.39, 0.29) is 11.2 Å². The summed E-state index contributed by atoms with van der Waals surface area (Å²) in [6, 6.07) is 17.0. The molecule has 4 rings (SSSR count). The van der Waals surface area contributed by atoms with Gasteiger partial charge in [-0.25, -0.2) is 14.3 Å². The zero-order valence-corrected chi connectivity index (χ0v) is 18.4. The van der Waals surface area contributed by atoms with E-state index < -0.39 is 0 Å². The molecule has 2 heterocycles. The predicted molar refractivity (Wildman–Crippen MR) is 124 cm³/mol. The van der Waals surface area contributed by atoms with E-state index >= 15 is 0 Å². The van der Waals surface area contributed by atoms with Gasteiger partial charge in [-0.05, 0) is 49.1 Å². The van der Waals surface area contributed by atoms with Crippen molar-refractivity contribution in [2.45, 2.75) is 40.3 Å². The van der Waals surface area contributed by atoms with Gasteiger partial charge in [-0.1, -0.05) is 43.7 Å². The number of aryl methyl sites for hydroxylation is 1. The Morgan fingerprint density at radius 2 is 1.84 bits per heavy atom. The average molecular weight is 428 g/mol. The molecule has 0 spiro atoms. The number of fused-ring (bicyclic) bond motifs is 1. The van der Waals surface area contributed by atoms with Gasteiger partial charge in [0.1, 0.15) is 0 Å². The minimum Gasteiger partial charge on any atom is -0.320 e. The molecule has 0 aliphatic carbocycles. The molecule has 0 radical (unpaired) electrons. The Kier molecular flexibility index (Phi) is 5.78. The van der Waals surface area contributed by atoms with Gasteiger partial charge in [0, 0.05) is 13.1 Å². The molecule has 4 aromatic rings. The van der Waals surface area contributed by atoms with E-state index in [1.165, 1.54) is 9.13 Å². The van der Waals surface area contributed by atoms with Crippen molar-refractivity contribution in [1.82, 2.24) is 18.7 Å². The Balaban J connectivity index is 1.94. The standard InChI is InChI=1S/C25H25N5O2/c1-17(2)11-12-29-24(31)22-23(30(25(29)32)21-9-7-18(3)8-10-21)27-16-28(22)15-20-6-4-5-19(13-20)14-26/h4-10,13,16-17H,11-12,15H2,1-3H3. The second-order valence-corrected chi connectivity index (χ2v) is 8.45. The molecule has 0 aliphatic heterocycles. The molecule has 0 amide bonds. The van der Waals surface area contributed by atoms with Gasteiger partial charge in [0.05, 0.1) is 23.6 Å². The quantitative estimate of drug-likeness (QED) is 0.470. The molecule has 2 aromatic heterocycles. The van der Waals surface area contributed by atoms with Crippen LogP contribution in [0.3, 0.4) is 0 Å². The molecule has 0 saturated carbocycles. The Hall–Kier alpha value is -3.92. The molecule has 162 valence electrons. The molecule has 0 unspecified atom stereocenters. The first-order valence-corrected chi connectivity index (χ1v) is 10.7. The Morgan fingerprint density at radius 1 is 1.09 bits per heavy atom. The highest BCUT2D eigenvalue weighted by atomic mass is 16.2. The largest absolute Gasteiger partial charge is 0.337 e. The normalized spacial score (nSPS) is 11.2. The van der Waals surface area contributed by atoms with Crippen LogP contribution in [0.5, 0.6) is 0 Å². The maximum absolute atomic E-state index is 13.4. The third kappa shape index (κ3) is 4.00. The summed E-state index contributed by atoms with van der Waals surface area (Å²) in [5.74, 6) is 0.350. The van der Waals surface area contributed by atoms with Crippen LogP contribution in [-0.2, 0) is 13.1 Å². The van der Waals surface area contributed by atoms with E-state index in [4.69, 9.17) is 0 Å². The topological polar surface area (TPSA) is 85.6 Å². The van der Waals surface area contributed by atoms with Crippen LogP contribution in [0.2, 0.25) is 0 Å². The number of aromatic nitrogens is 4. The third-order valence-electron chi connectivity index (χ3n) is 5.53. The number of hydrogen-bond donors (Lipinski definition) is 0. The van der Waals surface area contributed by atoms with Crippen molar-refractivity contribution in [1.29, 1.82) is 5.26 Å². The van der Waals surface area contributed by atoms with E-state index in [1.807, 2.05) is 43.3 Å². The zero-order valence-electron chi connectivity index (χ0n) is 18.4. The van der Waals surface area contributed by atoms with Crippen molar-refractivity contribution in [3.63, 3.8) is 0 Å². The molecule has 32 heavy (non-hydrogen) atoms. The summed E-state index contributed by atoms with van der Waals surface area (Å²) in [6.45, 7) is 6.82. The van der Waals surface area contributed by atoms with Crippen molar-refractivity contribution in [2.24, 2.45) is 5.92 Å². The molecular weight excluding hydrogens is 402 g/mol. The summed E-state index contributed by atoms with van der Waals surface area (Å²) in [6.07, 6.45) is 2.30. The first-order chi connectivity index (χ1) is 15.4. The summed E-state index contributed by atoms with van der Waals surface area (Å²) < 4.78 is 4.58. The second kappa shape index (κ2) is 8.67. The molecule has 0 aliphatic rings. The Labute approximate surface area is 185 Å². The number of rotatable bonds is 6. The number of nitriles is 1. The average Bonchev–Trinajstić information content (AvgIpc) is 3.18. The van der Waals surface area contributed by atoms with Crippen molar-refractivity contribution in [3.05, 3.63) is 92.4 Å². The smallest absolute Gasteiger partial charge is 0.320 e. The van der Waals surface area contributed by atoms with Crippen LogP contribution in [-0.4, -0.2) is 18.7 Å². The van der Waals surface area contributed by atoms with Gasteiger partial charge in [-0.2, -0.15) is 5.26 Å². The minimum atomic E-state index is -0.385. The fourth-order valence-corrected chi connectivity index (χ4v) is 3.75. The van der Waals surface area contributed by atoms with Crippen LogP contribution in [0.1, 0.15) is 37.0 Å². The minimum absolute atomic E-state index is 0.334. The van der Waals surface area contributed by atoms with Crippen molar-refractivity contribution in [2.75, 3.05) is 0 Å². The van der Waals surface area contributed by atoms with Crippen LogP contribution in [0, 0.1) is 24.2 Å². The lowest BCUT2D eigenvalue weighted by molar-refractivity contribution is 0.491. The molecule has 0 saturated heterocycles. The van der Waals surface area contributed by atoms with Gasteiger partial charge >= 0.3 is 5.69 Å². The van der Waals surface area contributed by atoms with Gasteiger partial charge < -0.3 is 4.57 Å². The summed E-state index contributed by atoms with van der Waals surface area (Å²) in [5, 5.41) is 9.20. The van der Waals surface area contributed by atoms with Crippen LogP contribution in [0.4, 0.5) is 0 Å². The van der Waals surface area contributed by atoms with Crippen LogP contribution in [0.15, 0.2) is 64.4 Å². The van der Waals surface area contributed by atoms with E-state index in [0.717, 1.165) is 11.1 Å². The SMILES string of the molecule is Cc1ccc(-n2c(=O)n(CCC(C)C)c(=O)c3c2ncn3Cc2cccc(C#N)c2)cc1. The summed E-state index contributed by atoms with van der Waals surface area (Å²) in [5.41, 5.74) is 3.15. The summed E-state index contributed by atoms with van der Waals surface area (Å²) >= 11 is 0. The lowest BCUT2D eigenvalue weighted by Gasteiger charge is -2.14. The van der Waals surface area contributed by atoms with Crippen LogP contribution in [0.25, 0.3) is 16.9 Å². The van der Waals surface area contributed by atoms with E-state index in [1.54, 1.807) is 23.0 Å². The van der Waals surface area contributed by atoms with Crippen molar-refractivity contribution >= 4 is 11.2 Å². The predicted octanol–water partition coefficient (Wildman–Crippen LogP) is 3.62. The summed E-state index contributed by atoms with van der Waals surface area (Å²) in [4.78, 5) is 31.3. The summed E-state index contributed by atoms with van der Waals surface area (Å²) in [7, 11) is 0. The second-order valence-electron chi connectivity index (χ2n) is 8.45. The van der Waals surface area contributed by atoms with Crippen molar-refractivity contribution < 1.29 is 0 Å². The molecular formula is C25H25N5O2. The monoisotopic (exact) mass is 427 g/mol. The van der Waals surface area contributed by atoms with E-state index in [0.29, 0.717) is 47.8 Å². The van der Waals surface area contributed by atoms with Crippen LogP contribution >= 0.6 is 0 Å². The lowest BCUT2D eigenvalue weighted by Crippen LogP contribution is -2.40. The molecule has 0 fully saturated rings. The number of benzene rings is 2. The van der Waals surface area contributed by atoms with Gasteiger partial charge in [-0.3, -0.25) is 9.36 Å². The molecule has 7 heteroatoms. The highest BCUT2D eigenvalue weighted by Gasteiger charge is 2.19. The van der Waals surface area contributed by atoms with Gasteiger partial charge in [0.15, 0.2) is 11.2 Å². The Bertz CT molecular complexity index is 1430. The number of imidazole rings is 1. The van der Waals surface area contributed by atoms with Gasteiger partial charge in [0.2, 0.25) is 0 Å². The zero-order chi connectivity index (χ0) is 22.8. The first-order valence-electron chi connectivity index (χ1n) is 10.7. The Morgan fingerprint density at radius 3 is 2.53 bits per heavy atom. The van der Waals surface area contributed by atoms with Gasteiger partial charge in [-0.15, -0.1) is 0 Å². The molecule has 2 aromatic carbocycles. The molecule has 0 N–H and O–H groups in total. The molecule has 0 bridgehead atoms. The highest BCUT2D eigenvalue weighted by molar-refractivity contribution is 5.72. The van der Waals surface area contributed by atoms with E-state index in [2.05, 4.69) is 24.9 Å². The fourth-order valence-electron chi connectivity index (χ4n) is 3.75. The maximum Gasteiger partial charge on any atom is 0.337 e. The molecule has 7 nitrogen and oxygen atoms in total. The van der Waals surface area contributed by atoms with Gasteiger partial charge in [0.25, 0.3) is 5.56 Å². The lowest BCUT2D eigenvalue weighted by atomic mass is 10.1. The molecule has 0 atom stereocenters. The van der Waals surface area contributed by atoms with Crippen LogP contribution < -0.4 is 11.2 Å². The number of hydrogen-bond acceptors (Lipinski definition) is 4.